The number of allylic oxidation sites excluding steroid dienone is 2. The molecule has 3 aromatic carbocycles. The predicted molar refractivity (Wildman–Crippen MR) is 161 cm³/mol. The van der Waals surface area contributed by atoms with Gasteiger partial charge in [-0.15, -0.1) is 0 Å². The van der Waals surface area contributed by atoms with Gasteiger partial charge in [0.1, 0.15) is 11.5 Å². The first-order chi connectivity index (χ1) is 21.2. The van der Waals surface area contributed by atoms with Crippen molar-refractivity contribution in [2.75, 3.05) is 12.5 Å². The average Bonchev–Trinajstić information content (AvgIpc) is 3.39. The number of fused-ring (bicyclic) bond motifs is 4. The number of carbonyl (C=O) groups is 2. The zero-order valence-electron chi connectivity index (χ0n) is 24.4. The minimum Gasteiger partial charge on any atom is -0.508 e. The minimum absolute atomic E-state index is 0.0227. The van der Waals surface area contributed by atoms with E-state index in [1.165, 1.54) is 35.7 Å². The van der Waals surface area contributed by atoms with Crippen molar-refractivity contribution in [3.63, 3.8) is 0 Å². The number of aromatic hydroxyl groups is 1. The molecule has 0 unspecified atom stereocenters. The summed E-state index contributed by atoms with van der Waals surface area (Å²) in [4.78, 5) is 56.0. The highest BCUT2D eigenvalue weighted by atomic mass is 16.5. The molecule has 2 N–H and O–H groups in total. The molecule has 1 saturated carbocycles. The number of imide groups is 1. The van der Waals surface area contributed by atoms with Crippen LogP contribution in [0.15, 0.2) is 94.0 Å². The van der Waals surface area contributed by atoms with Gasteiger partial charge in [-0.25, -0.2) is 23.5 Å². The van der Waals surface area contributed by atoms with Crippen molar-refractivity contribution >= 4 is 17.5 Å². The lowest BCUT2D eigenvalue weighted by Gasteiger charge is -2.49. The van der Waals surface area contributed by atoms with Gasteiger partial charge in [0, 0.05) is 24.6 Å². The third-order valence-electron chi connectivity index (χ3n) is 9.38. The fraction of sp³-hybridized carbons (Fsp3) is 0.273. The monoisotopic (exact) mass is 593 g/mol. The number of benzene rings is 3. The topological polar surface area (TPSA) is 128 Å². The Balaban J connectivity index is 1.52. The molecule has 1 aliphatic carbocycles. The molecule has 1 aromatic heterocycles. The van der Waals surface area contributed by atoms with Gasteiger partial charge in [0.2, 0.25) is 0 Å². The first-order valence-electron chi connectivity index (χ1n) is 14.4. The molecule has 3 aliphatic rings. The molecule has 11 nitrogen and oxygen atoms in total. The Morgan fingerprint density at radius 3 is 2.39 bits per heavy atom. The van der Waals surface area contributed by atoms with E-state index in [2.05, 4.69) is 5.43 Å². The molecule has 0 bridgehead atoms. The highest BCUT2D eigenvalue weighted by Crippen LogP contribution is 2.62. The number of methoxy groups -OCH3 is 1. The lowest BCUT2D eigenvalue weighted by Crippen LogP contribution is -2.53. The van der Waals surface area contributed by atoms with Gasteiger partial charge in [0.15, 0.2) is 0 Å². The second-order valence-electron chi connectivity index (χ2n) is 11.6. The van der Waals surface area contributed by atoms with E-state index < -0.39 is 46.5 Å². The number of phenolic OH excluding ortho intramolecular Hbond substituents is 1. The zero-order chi connectivity index (χ0) is 30.9. The number of anilines is 1. The average molecular weight is 594 g/mol. The van der Waals surface area contributed by atoms with E-state index in [1.54, 1.807) is 18.2 Å². The van der Waals surface area contributed by atoms with Crippen LogP contribution in [-0.4, -0.2) is 43.0 Å². The van der Waals surface area contributed by atoms with Crippen LogP contribution in [0, 0.1) is 12.8 Å². The number of carbonyl (C=O) groups excluding carboxylic acids is 2. The van der Waals surface area contributed by atoms with Crippen LogP contribution in [0.3, 0.4) is 0 Å². The number of aromatic nitrogens is 3. The van der Waals surface area contributed by atoms with Gasteiger partial charge in [0.05, 0.1) is 36.7 Å². The van der Waals surface area contributed by atoms with Gasteiger partial charge in [0.25, 0.3) is 11.8 Å². The summed E-state index contributed by atoms with van der Waals surface area (Å²) in [5.41, 5.74) is 4.21. The SMILES string of the molecule is COc1cc(O)ccc1[C@H]1C2=CCn3c(=O)n(C)c(=O)n3[C@@H]2C[C@H]2C(=O)N(Nc3ccc(C)cc3)C(=O)[C@@]12c1ccccc1. The van der Waals surface area contributed by atoms with Crippen LogP contribution in [0.1, 0.15) is 35.1 Å². The predicted octanol–water partition coefficient (Wildman–Crippen LogP) is 2.99. The number of amides is 2. The maximum absolute atomic E-state index is 15.0. The summed E-state index contributed by atoms with van der Waals surface area (Å²) in [5, 5.41) is 11.5. The highest BCUT2D eigenvalue weighted by Gasteiger charge is 2.69. The van der Waals surface area contributed by atoms with Crippen LogP contribution in [0.2, 0.25) is 0 Å². The van der Waals surface area contributed by atoms with Crippen LogP contribution in [0.25, 0.3) is 0 Å². The van der Waals surface area contributed by atoms with E-state index in [1.807, 2.05) is 55.5 Å². The number of ether oxygens (including phenoxy) is 1. The quantitative estimate of drug-likeness (QED) is 0.269. The molecule has 4 aromatic rings. The maximum atomic E-state index is 15.0. The van der Waals surface area contributed by atoms with E-state index in [-0.39, 0.29) is 18.7 Å². The van der Waals surface area contributed by atoms with Gasteiger partial charge in [-0.2, -0.15) is 5.01 Å². The summed E-state index contributed by atoms with van der Waals surface area (Å²) in [5.74, 6) is -2.28. The minimum atomic E-state index is -1.44. The zero-order valence-corrected chi connectivity index (χ0v) is 24.4. The summed E-state index contributed by atoms with van der Waals surface area (Å²) in [6, 6.07) is 20.6. The Kier molecular flexibility index (Phi) is 6.17. The number of nitrogens with zero attached hydrogens (tertiary/aromatic N) is 4. The van der Waals surface area contributed by atoms with Crippen LogP contribution < -0.4 is 21.5 Å². The van der Waals surface area contributed by atoms with Gasteiger partial charge in [-0.1, -0.05) is 60.2 Å². The fourth-order valence-corrected chi connectivity index (χ4v) is 7.40. The van der Waals surface area contributed by atoms with Crippen molar-refractivity contribution in [1.29, 1.82) is 0 Å². The molecular weight excluding hydrogens is 562 g/mol. The summed E-state index contributed by atoms with van der Waals surface area (Å²) >= 11 is 0. The van der Waals surface area contributed by atoms with E-state index in [0.717, 1.165) is 20.7 Å². The van der Waals surface area contributed by atoms with Crippen LogP contribution in [-0.2, 0) is 28.6 Å². The van der Waals surface area contributed by atoms with Crippen molar-refractivity contribution in [2.45, 2.75) is 37.3 Å². The van der Waals surface area contributed by atoms with Crippen LogP contribution >= 0.6 is 0 Å². The van der Waals surface area contributed by atoms with Crippen molar-refractivity contribution in [2.24, 2.45) is 13.0 Å². The Labute approximate surface area is 252 Å². The largest absolute Gasteiger partial charge is 0.508 e. The number of nitrogens with one attached hydrogen (secondary N) is 1. The number of hydrazine groups is 1. The molecule has 2 amide bonds. The van der Waals surface area contributed by atoms with Crippen LogP contribution in [0.5, 0.6) is 11.5 Å². The molecule has 3 heterocycles. The Bertz CT molecular complexity index is 1970. The number of aryl methyl sites for hydroxylation is 1. The lowest BCUT2D eigenvalue weighted by molar-refractivity contribution is -0.138. The van der Waals surface area contributed by atoms with Gasteiger partial charge in [-0.3, -0.25) is 15.0 Å². The third kappa shape index (κ3) is 3.68. The highest BCUT2D eigenvalue weighted by molar-refractivity contribution is 6.12. The molecule has 44 heavy (non-hydrogen) atoms. The smallest absolute Gasteiger partial charge is 0.347 e. The lowest BCUT2D eigenvalue weighted by atomic mass is 9.53. The van der Waals surface area contributed by atoms with Crippen LogP contribution in [0.4, 0.5) is 5.69 Å². The molecule has 11 heteroatoms. The Hall–Kier alpha value is -5.32. The van der Waals surface area contributed by atoms with Crippen molar-refractivity contribution in [1.82, 2.24) is 18.9 Å². The second kappa shape index (κ2) is 9.87. The third-order valence-corrected chi connectivity index (χ3v) is 9.38. The standard InChI is InChI=1S/C33H31N5O6/c1-19-9-11-21(12-10-19)34-37-29(40)25-18-26-23(15-16-36-31(42)35(2)32(43)38(26)36)28(24-14-13-22(39)17-27(24)44-3)33(25,30(37)41)20-7-5-4-6-8-20/h4-15,17,25-26,28,34,39H,16,18H2,1-3H3/t25-,26+,28+,33+/m0/s1. The summed E-state index contributed by atoms with van der Waals surface area (Å²) in [7, 11) is 2.91. The maximum Gasteiger partial charge on any atom is 0.347 e. The summed E-state index contributed by atoms with van der Waals surface area (Å²) in [6.45, 7) is 2.06. The molecule has 224 valence electrons. The van der Waals surface area contributed by atoms with E-state index in [0.29, 0.717) is 22.6 Å². The number of hydrogen-bond donors (Lipinski definition) is 2. The normalized spacial score (nSPS) is 23.9. The molecule has 0 radical (unpaired) electrons. The van der Waals surface area contributed by atoms with Crippen molar-refractivity contribution in [3.8, 4) is 11.5 Å². The molecule has 7 rings (SSSR count). The Morgan fingerprint density at radius 1 is 0.955 bits per heavy atom. The number of rotatable bonds is 5. The number of hydrogen-bond acceptors (Lipinski definition) is 7. The van der Waals surface area contributed by atoms with E-state index >= 15 is 4.79 Å². The summed E-state index contributed by atoms with van der Waals surface area (Å²) < 4.78 is 9.61. The second-order valence-corrected chi connectivity index (χ2v) is 11.6. The Morgan fingerprint density at radius 2 is 1.68 bits per heavy atom. The first-order valence-corrected chi connectivity index (χ1v) is 14.4. The fourth-order valence-electron chi connectivity index (χ4n) is 7.40. The molecule has 0 spiro atoms. The van der Waals surface area contributed by atoms with Gasteiger partial charge in [-0.05, 0) is 42.7 Å². The summed E-state index contributed by atoms with van der Waals surface area (Å²) in [6.07, 6.45) is 1.99. The van der Waals surface area contributed by atoms with E-state index in [4.69, 9.17) is 4.74 Å². The molecular formula is C33H31N5O6. The van der Waals surface area contributed by atoms with E-state index in [9.17, 15) is 19.5 Å². The van der Waals surface area contributed by atoms with Crippen molar-refractivity contribution < 1.29 is 19.4 Å². The van der Waals surface area contributed by atoms with Gasteiger partial charge < -0.3 is 9.84 Å². The molecule has 1 saturated heterocycles. The number of phenols is 1. The molecule has 2 fully saturated rings. The first kappa shape index (κ1) is 27.5. The van der Waals surface area contributed by atoms with Gasteiger partial charge >= 0.3 is 11.4 Å². The molecule has 2 aliphatic heterocycles. The van der Waals surface area contributed by atoms with Crippen molar-refractivity contribution in [3.05, 3.63) is 122 Å². The molecule has 4 atom stereocenters.